The summed E-state index contributed by atoms with van der Waals surface area (Å²) < 4.78 is 11.1. The van der Waals surface area contributed by atoms with Crippen LogP contribution in [-0.4, -0.2) is 42.7 Å². The van der Waals surface area contributed by atoms with Crippen molar-refractivity contribution in [2.24, 2.45) is 0 Å². The number of hydrogen-bond donors (Lipinski definition) is 3. The Bertz CT molecular complexity index is 427. The zero-order valence-electron chi connectivity index (χ0n) is 10.6. The molecule has 5 nitrogen and oxygen atoms in total. The summed E-state index contributed by atoms with van der Waals surface area (Å²) in [5, 5.41) is 21.5. The van der Waals surface area contributed by atoms with E-state index in [1.165, 1.54) is 0 Å². The van der Waals surface area contributed by atoms with Crippen molar-refractivity contribution in [1.82, 2.24) is 5.32 Å². The summed E-state index contributed by atoms with van der Waals surface area (Å²) in [5.41, 5.74) is 0.944. The predicted octanol–water partition coefficient (Wildman–Crippen LogP) is 0.944. The third-order valence-electron chi connectivity index (χ3n) is 2.78. The Hall–Kier alpha value is -1.01. The summed E-state index contributed by atoms with van der Waals surface area (Å²) in [6.45, 7) is 1.82. The lowest BCUT2D eigenvalue weighted by Gasteiger charge is -2.13. The van der Waals surface area contributed by atoms with Gasteiger partial charge in [0.25, 0.3) is 0 Å². The maximum atomic E-state index is 9.24. The summed E-state index contributed by atoms with van der Waals surface area (Å²) >= 11 is 6.17. The molecular weight excluding hydrogens is 270 g/mol. The van der Waals surface area contributed by atoms with Crippen molar-refractivity contribution >= 4 is 11.6 Å². The van der Waals surface area contributed by atoms with Crippen LogP contribution >= 0.6 is 11.6 Å². The average molecular weight is 288 g/mol. The summed E-state index contributed by atoms with van der Waals surface area (Å²) in [4.78, 5) is 0. The number of nitrogens with one attached hydrogen (secondary N) is 1. The van der Waals surface area contributed by atoms with Crippen LogP contribution in [0.4, 0.5) is 0 Å². The molecule has 0 aliphatic carbocycles. The van der Waals surface area contributed by atoms with E-state index in [2.05, 4.69) is 5.32 Å². The van der Waals surface area contributed by atoms with Gasteiger partial charge in [-0.1, -0.05) is 11.6 Å². The van der Waals surface area contributed by atoms with Crippen LogP contribution in [0.15, 0.2) is 12.1 Å². The Morgan fingerprint density at radius 2 is 2.11 bits per heavy atom. The Morgan fingerprint density at radius 1 is 1.32 bits per heavy atom. The van der Waals surface area contributed by atoms with Gasteiger partial charge in [0.2, 0.25) is 0 Å². The maximum Gasteiger partial charge on any atom is 0.179 e. The van der Waals surface area contributed by atoms with E-state index in [0.29, 0.717) is 42.8 Å². The van der Waals surface area contributed by atoms with Crippen molar-refractivity contribution < 1.29 is 19.7 Å². The van der Waals surface area contributed by atoms with Crippen molar-refractivity contribution in [2.75, 3.05) is 26.4 Å². The molecule has 0 radical (unpaired) electrons. The monoisotopic (exact) mass is 287 g/mol. The van der Waals surface area contributed by atoms with Crippen LogP contribution in [0.1, 0.15) is 12.0 Å². The molecule has 0 saturated heterocycles. The molecule has 0 fully saturated rings. The minimum atomic E-state index is -0.754. The minimum absolute atomic E-state index is 0.255. The topological polar surface area (TPSA) is 71.0 Å². The normalized spacial score (nSPS) is 15.9. The predicted molar refractivity (Wildman–Crippen MR) is 71.9 cm³/mol. The van der Waals surface area contributed by atoms with Crippen LogP contribution in [0.25, 0.3) is 0 Å². The molecule has 1 unspecified atom stereocenters. The number of halogens is 1. The van der Waals surface area contributed by atoms with Gasteiger partial charge in [-0.2, -0.15) is 0 Å². The number of benzene rings is 1. The molecule has 0 amide bonds. The van der Waals surface area contributed by atoms with Crippen molar-refractivity contribution in [3.05, 3.63) is 22.7 Å². The van der Waals surface area contributed by atoms with Crippen LogP contribution in [0.3, 0.4) is 0 Å². The van der Waals surface area contributed by atoms with Crippen LogP contribution in [0.5, 0.6) is 11.5 Å². The molecule has 106 valence electrons. The number of fused-ring (bicyclic) bond motifs is 1. The van der Waals surface area contributed by atoms with Crippen molar-refractivity contribution in [3.63, 3.8) is 0 Å². The number of rotatable bonds is 5. The van der Waals surface area contributed by atoms with Crippen LogP contribution in [0, 0.1) is 0 Å². The number of hydrogen-bond acceptors (Lipinski definition) is 5. The highest BCUT2D eigenvalue weighted by Crippen LogP contribution is 2.37. The van der Waals surface area contributed by atoms with Gasteiger partial charge < -0.3 is 25.0 Å². The van der Waals surface area contributed by atoms with Gasteiger partial charge in [0.15, 0.2) is 11.5 Å². The molecule has 0 aromatic heterocycles. The first kappa shape index (κ1) is 14.4. The van der Waals surface area contributed by atoms with Crippen LogP contribution in [0.2, 0.25) is 5.02 Å². The zero-order chi connectivity index (χ0) is 13.7. The zero-order valence-corrected chi connectivity index (χ0v) is 11.3. The standard InChI is InChI=1S/C13H18ClNO4/c14-11-4-9(6-15-7-10(17)8-16)5-12-13(11)19-3-1-2-18-12/h4-5,10,15-17H,1-3,6-8H2. The van der Waals surface area contributed by atoms with E-state index >= 15 is 0 Å². The lowest BCUT2D eigenvalue weighted by molar-refractivity contribution is 0.0942. The first-order chi connectivity index (χ1) is 9.20. The molecule has 0 bridgehead atoms. The Kier molecular flexibility index (Phi) is 5.27. The third-order valence-corrected chi connectivity index (χ3v) is 3.06. The molecule has 1 aromatic carbocycles. The Morgan fingerprint density at radius 3 is 2.89 bits per heavy atom. The van der Waals surface area contributed by atoms with E-state index in [1.807, 2.05) is 12.1 Å². The molecule has 0 spiro atoms. The van der Waals surface area contributed by atoms with Crippen LogP contribution < -0.4 is 14.8 Å². The van der Waals surface area contributed by atoms with Gasteiger partial charge in [0.05, 0.1) is 30.9 Å². The highest BCUT2D eigenvalue weighted by molar-refractivity contribution is 6.32. The maximum absolute atomic E-state index is 9.24. The molecule has 1 aromatic rings. The van der Waals surface area contributed by atoms with Gasteiger partial charge in [0, 0.05) is 19.5 Å². The molecule has 1 heterocycles. The summed E-state index contributed by atoms with van der Waals surface area (Å²) in [7, 11) is 0. The van der Waals surface area contributed by atoms with E-state index in [4.69, 9.17) is 26.2 Å². The van der Waals surface area contributed by atoms with E-state index < -0.39 is 6.10 Å². The fraction of sp³-hybridized carbons (Fsp3) is 0.538. The molecular formula is C13H18ClNO4. The highest BCUT2D eigenvalue weighted by atomic mass is 35.5. The lowest BCUT2D eigenvalue weighted by Crippen LogP contribution is -2.28. The quantitative estimate of drug-likeness (QED) is 0.752. The van der Waals surface area contributed by atoms with E-state index in [0.717, 1.165) is 12.0 Å². The fourth-order valence-electron chi connectivity index (χ4n) is 1.83. The first-order valence-electron chi connectivity index (χ1n) is 6.28. The van der Waals surface area contributed by atoms with Gasteiger partial charge in [0.1, 0.15) is 0 Å². The average Bonchev–Trinajstić information content (AvgIpc) is 2.64. The summed E-state index contributed by atoms with van der Waals surface area (Å²) in [6, 6.07) is 3.69. The van der Waals surface area contributed by atoms with Crippen molar-refractivity contribution in [1.29, 1.82) is 0 Å². The Labute approximate surface area is 117 Å². The molecule has 1 aliphatic rings. The van der Waals surface area contributed by atoms with E-state index in [1.54, 1.807) is 0 Å². The molecule has 1 aliphatic heterocycles. The summed E-state index contributed by atoms with van der Waals surface area (Å²) in [6.07, 6.45) is 0.0808. The molecule has 0 saturated carbocycles. The number of ether oxygens (including phenoxy) is 2. The van der Waals surface area contributed by atoms with Crippen molar-refractivity contribution in [3.8, 4) is 11.5 Å². The van der Waals surface area contributed by atoms with Crippen LogP contribution in [-0.2, 0) is 6.54 Å². The Balaban J connectivity index is 2.02. The van der Waals surface area contributed by atoms with Gasteiger partial charge >= 0.3 is 0 Å². The first-order valence-corrected chi connectivity index (χ1v) is 6.66. The van der Waals surface area contributed by atoms with E-state index in [-0.39, 0.29) is 6.61 Å². The minimum Gasteiger partial charge on any atom is -0.489 e. The second-order valence-electron chi connectivity index (χ2n) is 4.42. The van der Waals surface area contributed by atoms with Gasteiger partial charge in [-0.05, 0) is 17.7 Å². The number of aliphatic hydroxyl groups is 2. The summed E-state index contributed by atoms with van der Waals surface area (Å²) in [5.74, 6) is 1.25. The fourth-order valence-corrected chi connectivity index (χ4v) is 2.12. The van der Waals surface area contributed by atoms with Gasteiger partial charge in [-0.3, -0.25) is 0 Å². The largest absolute Gasteiger partial charge is 0.489 e. The van der Waals surface area contributed by atoms with Gasteiger partial charge in [-0.25, -0.2) is 0 Å². The molecule has 2 rings (SSSR count). The van der Waals surface area contributed by atoms with Crippen molar-refractivity contribution in [2.45, 2.75) is 19.1 Å². The highest BCUT2D eigenvalue weighted by Gasteiger charge is 2.15. The van der Waals surface area contributed by atoms with Gasteiger partial charge in [-0.15, -0.1) is 0 Å². The second kappa shape index (κ2) is 6.96. The molecule has 19 heavy (non-hydrogen) atoms. The van der Waals surface area contributed by atoms with E-state index in [9.17, 15) is 5.11 Å². The molecule has 1 atom stereocenters. The number of aliphatic hydroxyl groups excluding tert-OH is 2. The third kappa shape index (κ3) is 3.98. The molecule has 3 N–H and O–H groups in total. The SMILES string of the molecule is OCC(O)CNCc1cc(Cl)c2c(c1)OCCCO2. The lowest BCUT2D eigenvalue weighted by atomic mass is 10.2. The smallest absolute Gasteiger partial charge is 0.179 e. The second-order valence-corrected chi connectivity index (χ2v) is 4.83. The molecule has 6 heteroatoms.